The zero-order valence-corrected chi connectivity index (χ0v) is 16.7. The van der Waals surface area contributed by atoms with Crippen LogP contribution >= 0.6 is 11.8 Å². The van der Waals surface area contributed by atoms with Gasteiger partial charge in [-0.3, -0.25) is 19.2 Å². The van der Waals surface area contributed by atoms with Gasteiger partial charge in [-0.05, 0) is 27.2 Å². The van der Waals surface area contributed by atoms with Gasteiger partial charge in [0, 0.05) is 18.2 Å². The average Bonchev–Trinajstić information content (AvgIpc) is 2.85. The Morgan fingerprint density at radius 1 is 1.37 bits per heavy atom. The predicted molar refractivity (Wildman–Crippen MR) is 98.4 cm³/mol. The molecule has 1 aromatic rings. The number of hydrogen-bond acceptors (Lipinski definition) is 8. The van der Waals surface area contributed by atoms with Crippen molar-refractivity contribution in [2.45, 2.75) is 57.7 Å². The van der Waals surface area contributed by atoms with Gasteiger partial charge in [0.15, 0.2) is 22.0 Å². The van der Waals surface area contributed by atoms with Gasteiger partial charge in [-0.1, -0.05) is 25.1 Å². The van der Waals surface area contributed by atoms with Crippen LogP contribution in [0, 0.1) is 12.3 Å². The van der Waals surface area contributed by atoms with E-state index in [0.29, 0.717) is 17.3 Å². The molecule has 0 aliphatic carbocycles. The number of aromatic nitrogens is 2. The van der Waals surface area contributed by atoms with Crippen molar-refractivity contribution in [3.8, 4) is 0 Å². The first-order valence-corrected chi connectivity index (χ1v) is 9.80. The molecule has 0 amide bonds. The molecule has 1 fully saturated rings. The molecule has 1 aromatic heterocycles. The van der Waals surface area contributed by atoms with E-state index in [4.69, 9.17) is 9.47 Å². The van der Waals surface area contributed by atoms with Gasteiger partial charge in [-0.2, -0.15) is 0 Å². The first-order valence-electron chi connectivity index (χ1n) is 8.81. The number of ketones is 1. The summed E-state index contributed by atoms with van der Waals surface area (Å²) in [6.07, 6.45) is 0.775. The Labute approximate surface area is 161 Å². The van der Waals surface area contributed by atoms with Gasteiger partial charge in [0.1, 0.15) is 0 Å². The number of thioether (sulfide) groups is 1. The molecular formula is C18H24N2O6S. The standard InChI is InChI=1S/C18H24N2O6S/c1-5-7-18(14(23)25-6-2)10-17(4,26-15(18)24)12(21)9-27-16-19-11(3)8-13(22)20-16/h8H,5-7,9-10H2,1-4H3,(H,19,20,22)/t17-,18+/m0/s1. The van der Waals surface area contributed by atoms with E-state index in [0.717, 1.165) is 11.8 Å². The topological polar surface area (TPSA) is 115 Å². The molecule has 0 radical (unpaired) electrons. The normalized spacial score (nSPS) is 24.5. The largest absolute Gasteiger partial charge is 0.465 e. The highest BCUT2D eigenvalue weighted by Crippen LogP contribution is 2.45. The summed E-state index contributed by atoms with van der Waals surface area (Å²) in [5, 5.41) is 0.312. The molecule has 2 heterocycles. The lowest BCUT2D eigenvalue weighted by Crippen LogP contribution is -2.40. The highest BCUT2D eigenvalue weighted by atomic mass is 32.2. The Morgan fingerprint density at radius 2 is 2.07 bits per heavy atom. The maximum absolute atomic E-state index is 12.8. The lowest BCUT2D eigenvalue weighted by atomic mass is 9.76. The summed E-state index contributed by atoms with van der Waals surface area (Å²) in [7, 11) is 0. The zero-order valence-electron chi connectivity index (χ0n) is 15.9. The molecule has 148 valence electrons. The first-order chi connectivity index (χ1) is 12.7. The van der Waals surface area contributed by atoms with Crippen LogP contribution in [-0.4, -0.2) is 45.7 Å². The summed E-state index contributed by atoms with van der Waals surface area (Å²) in [4.78, 5) is 55.9. The van der Waals surface area contributed by atoms with Gasteiger partial charge >= 0.3 is 11.9 Å². The molecule has 1 saturated heterocycles. The quantitative estimate of drug-likeness (QED) is 0.306. The molecule has 1 aliphatic heterocycles. The van der Waals surface area contributed by atoms with E-state index in [1.807, 2.05) is 6.92 Å². The second kappa shape index (κ2) is 8.24. The Balaban J connectivity index is 2.17. The van der Waals surface area contributed by atoms with Crippen LogP contribution in [0.15, 0.2) is 16.0 Å². The zero-order chi connectivity index (χ0) is 20.2. The van der Waals surface area contributed by atoms with E-state index in [1.165, 1.54) is 13.0 Å². The fraction of sp³-hybridized carbons (Fsp3) is 0.611. The minimum absolute atomic E-state index is 0.0529. The van der Waals surface area contributed by atoms with Crippen LogP contribution in [-0.2, 0) is 23.9 Å². The SMILES string of the molecule is CCC[C@]1(C(=O)OCC)C[C@@](C)(C(=O)CSc2nc(C)cc(=O)[nH]2)OC1=O. The van der Waals surface area contributed by atoms with Crippen LogP contribution in [0.25, 0.3) is 0 Å². The van der Waals surface area contributed by atoms with Crippen molar-refractivity contribution < 1.29 is 23.9 Å². The number of nitrogens with one attached hydrogen (secondary N) is 1. The maximum atomic E-state index is 12.8. The molecule has 9 heteroatoms. The number of hydrogen-bond donors (Lipinski definition) is 1. The van der Waals surface area contributed by atoms with Crippen LogP contribution in [0.1, 0.15) is 45.7 Å². The van der Waals surface area contributed by atoms with Crippen LogP contribution in [0.5, 0.6) is 0 Å². The molecule has 1 aliphatic rings. The van der Waals surface area contributed by atoms with Crippen molar-refractivity contribution in [3.05, 3.63) is 22.1 Å². The Morgan fingerprint density at radius 3 is 2.67 bits per heavy atom. The molecule has 8 nitrogen and oxygen atoms in total. The highest BCUT2D eigenvalue weighted by molar-refractivity contribution is 7.99. The summed E-state index contributed by atoms with van der Waals surface area (Å²) < 4.78 is 10.5. The van der Waals surface area contributed by atoms with Crippen molar-refractivity contribution >= 4 is 29.5 Å². The third kappa shape index (κ3) is 4.40. The van der Waals surface area contributed by atoms with Gasteiger partial charge in [-0.15, -0.1) is 0 Å². The smallest absolute Gasteiger partial charge is 0.324 e. The van der Waals surface area contributed by atoms with Gasteiger partial charge in [0.2, 0.25) is 0 Å². The van der Waals surface area contributed by atoms with Crippen LogP contribution < -0.4 is 5.56 Å². The van der Waals surface area contributed by atoms with E-state index < -0.39 is 23.0 Å². The molecule has 0 spiro atoms. The summed E-state index contributed by atoms with van der Waals surface area (Å²) in [5.41, 5.74) is -2.64. The molecular weight excluding hydrogens is 372 g/mol. The number of carbonyl (C=O) groups is 3. The number of cyclic esters (lactones) is 1. The van der Waals surface area contributed by atoms with Crippen molar-refractivity contribution in [2.24, 2.45) is 5.41 Å². The van der Waals surface area contributed by atoms with Crippen molar-refractivity contribution in [3.63, 3.8) is 0 Å². The first kappa shape index (κ1) is 21.1. The van der Waals surface area contributed by atoms with Crippen molar-refractivity contribution in [1.29, 1.82) is 0 Å². The third-order valence-electron chi connectivity index (χ3n) is 4.47. The van der Waals surface area contributed by atoms with E-state index in [2.05, 4.69) is 9.97 Å². The summed E-state index contributed by atoms with van der Waals surface area (Å²) in [6, 6.07) is 1.35. The number of Topliss-reactive ketones (excluding diaryl/α,β-unsaturated/α-hetero) is 1. The molecule has 0 aromatic carbocycles. The number of aromatic amines is 1. The van der Waals surface area contributed by atoms with Crippen molar-refractivity contribution in [1.82, 2.24) is 9.97 Å². The Kier molecular flexibility index (Phi) is 6.46. The van der Waals surface area contributed by atoms with Gasteiger partial charge in [0.25, 0.3) is 5.56 Å². The number of esters is 2. The Hall–Kier alpha value is -2.16. The van der Waals surface area contributed by atoms with E-state index in [-0.39, 0.29) is 36.5 Å². The van der Waals surface area contributed by atoms with Crippen LogP contribution in [0.4, 0.5) is 0 Å². The number of nitrogens with zero attached hydrogens (tertiary/aromatic N) is 1. The maximum Gasteiger partial charge on any atom is 0.324 e. The highest BCUT2D eigenvalue weighted by Gasteiger charge is 2.62. The number of ether oxygens (including phenoxy) is 2. The minimum atomic E-state index is -1.45. The molecule has 0 unspecified atom stereocenters. The third-order valence-corrected chi connectivity index (χ3v) is 5.34. The van der Waals surface area contributed by atoms with E-state index in [1.54, 1.807) is 13.8 Å². The lowest BCUT2D eigenvalue weighted by molar-refractivity contribution is -0.167. The second-order valence-corrected chi connectivity index (χ2v) is 7.72. The minimum Gasteiger partial charge on any atom is -0.465 e. The summed E-state index contributed by atoms with van der Waals surface area (Å²) >= 11 is 1.05. The fourth-order valence-corrected chi connectivity index (χ4v) is 4.15. The number of rotatable bonds is 8. The Bertz CT molecular complexity index is 807. The fourth-order valence-electron chi connectivity index (χ4n) is 3.19. The van der Waals surface area contributed by atoms with Gasteiger partial charge in [-0.25, -0.2) is 4.98 Å². The van der Waals surface area contributed by atoms with Crippen LogP contribution in [0.3, 0.4) is 0 Å². The summed E-state index contributed by atoms with van der Waals surface area (Å²) in [5.74, 6) is -1.77. The van der Waals surface area contributed by atoms with E-state index in [9.17, 15) is 19.2 Å². The number of carbonyl (C=O) groups excluding carboxylic acids is 3. The monoisotopic (exact) mass is 396 g/mol. The van der Waals surface area contributed by atoms with E-state index >= 15 is 0 Å². The molecule has 2 atom stereocenters. The van der Waals surface area contributed by atoms with Gasteiger partial charge < -0.3 is 14.5 Å². The molecule has 1 N–H and O–H groups in total. The van der Waals surface area contributed by atoms with Gasteiger partial charge in [0.05, 0.1) is 12.4 Å². The molecule has 0 saturated carbocycles. The predicted octanol–water partition coefficient (Wildman–Crippen LogP) is 1.79. The second-order valence-electron chi connectivity index (χ2n) is 6.75. The average molecular weight is 396 g/mol. The number of aryl methyl sites for hydroxylation is 1. The summed E-state index contributed by atoms with van der Waals surface area (Å²) in [6.45, 7) is 6.84. The van der Waals surface area contributed by atoms with Crippen LogP contribution in [0.2, 0.25) is 0 Å². The lowest BCUT2D eigenvalue weighted by Gasteiger charge is -2.24. The molecule has 27 heavy (non-hydrogen) atoms. The van der Waals surface area contributed by atoms with Crippen molar-refractivity contribution in [2.75, 3.05) is 12.4 Å². The molecule has 0 bridgehead atoms. The molecule has 2 rings (SSSR count). The number of H-pyrrole nitrogens is 1.